The summed E-state index contributed by atoms with van der Waals surface area (Å²) in [5, 5.41) is 11.9. The maximum atomic E-state index is 12.0. The van der Waals surface area contributed by atoms with E-state index in [2.05, 4.69) is 5.32 Å². The number of nitrogens with zero attached hydrogens (tertiary/aromatic N) is 1. The first kappa shape index (κ1) is 16.6. The molecule has 1 aromatic carbocycles. The molecule has 5 nitrogen and oxygen atoms in total. The van der Waals surface area contributed by atoms with Crippen molar-refractivity contribution in [3.05, 3.63) is 29.3 Å². The minimum absolute atomic E-state index is 0.0275. The van der Waals surface area contributed by atoms with Crippen molar-refractivity contribution in [1.29, 1.82) is 5.26 Å². The Labute approximate surface area is 125 Å². The van der Waals surface area contributed by atoms with E-state index in [4.69, 9.17) is 14.7 Å². The number of nitriles is 1. The van der Waals surface area contributed by atoms with Crippen LogP contribution in [0.1, 0.15) is 25.8 Å². The molecule has 1 amide bonds. The van der Waals surface area contributed by atoms with Crippen molar-refractivity contribution >= 4 is 12.0 Å². The van der Waals surface area contributed by atoms with E-state index in [9.17, 15) is 4.79 Å². The lowest BCUT2D eigenvalue weighted by molar-refractivity contribution is -0.117. The van der Waals surface area contributed by atoms with Crippen LogP contribution in [0.4, 0.5) is 0 Å². The van der Waals surface area contributed by atoms with Crippen LogP contribution < -0.4 is 14.8 Å². The summed E-state index contributed by atoms with van der Waals surface area (Å²) in [6.45, 7) is 3.86. The number of benzene rings is 1. The molecule has 5 heteroatoms. The van der Waals surface area contributed by atoms with Crippen LogP contribution in [-0.2, 0) is 4.79 Å². The molecule has 0 spiro atoms. The molecule has 1 aromatic rings. The van der Waals surface area contributed by atoms with Crippen molar-refractivity contribution in [2.24, 2.45) is 0 Å². The number of hydrogen-bond donors (Lipinski definition) is 1. The standard InChI is InChI=1S/C16H20N2O3/c1-5-11(2)18-16(19)13(10-17)8-12-6-7-14(20-3)15(9-12)21-4/h6-9,11H,5H2,1-4H3,(H,18,19)/b13-8+/t11-/m1/s1. The summed E-state index contributed by atoms with van der Waals surface area (Å²) in [5.74, 6) is 0.768. The first-order chi connectivity index (χ1) is 10.0. The first-order valence-electron chi connectivity index (χ1n) is 6.70. The molecule has 21 heavy (non-hydrogen) atoms. The topological polar surface area (TPSA) is 71.4 Å². The van der Waals surface area contributed by atoms with Gasteiger partial charge in [0.25, 0.3) is 5.91 Å². The number of methoxy groups -OCH3 is 2. The molecule has 0 radical (unpaired) electrons. The second-order valence-corrected chi connectivity index (χ2v) is 4.57. The monoisotopic (exact) mass is 288 g/mol. The number of nitrogens with one attached hydrogen (secondary N) is 1. The third kappa shape index (κ3) is 4.53. The second-order valence-electron chi connectivity index (χ2n) is 4.57. The largest absolute Gasteiger partial charge is 0.493 e. The number of rotatable bonds is 6. The zero-order valence-electron chi connectivity index (χ0n) is 12.8. The van der Waals surface area contributed by atoms with Crippen molar-refractivity contribution in [1.82, 2.24) is 5.32 Å². The molecule has 0 bridgehead atoms. The van der Waals surface area contributed by atoms with Crippen molar-refractivity contribution in [2.45, 2.75) is 26.3 Å². The molecule has 0 aromatic heterocycles. The van der Waals surface area contributed by atoms with Crippen molar-refractivity contribution in [3.8, 4) is 17.6 Å². The van der Waals surface area contributed by atoms with E-state index in [1.54, 1.807) is 25.3 Å². The smallest absolute Gasteiger partial charge is 0.262 e. The molecule has 0 unspecified atom stereocenters. The van der Waals surface area contributed by atoms with Crippen LogP contribution in [0.2, 0.25) is 0 Å². The van der Waals surface area contributed by atoms with Crippen LogP contribution in [0.3, 0.4) is 0 Å². The van der Waals surface area contributed by atoms with Gasteiger partial charge in [0.2, 0.25) is 0 Å². The van der Waals surface area contributed by atoms with E-state index in [0.717, 1.165) is 6.42 Å². The fourth-order valence-corrected chi connectivity index (χ4v) is 1.66. The third-order valence-electron chi connectivity index (χ3n) is 3.07. The van der Waals surface area contributed by atoms with E-state index in [1.165, 1.54) is 13.2 Å². The number of hydrogen-bond acceptors (Lipinski definition) is 4. The predicted molar refractivity (Wildman–Crippen MR) is 81.0 cm³/mol. The van der Waals surface area contributed by atoms with Crippen LogP contribution in [0.25, 0.3) is 6.08 Å². The van der Waals surface area contributed by atoms with Gasteiger partial charge < -0.3 is 14.8 Å². The summed E-state index contributed by atoms with van der Waals surface area (Å²) in [6, 6.07) is 7.15. The SMILES string of the molecule is CC[C@@H](C)NC(=O)/C(C#N)=C/c1ccc(OC)c(OC)c1. The van der Waals surface area contributed by atoms with Crippen LogP contribution in [0.5, 0.6) is 11.5 Å². The summed E-state index contributed by atoms with van der Waals surface area (Å²) in [7, 11) is 3.08. The van der Waals surface area contributed by atoms with Crippen molar-refractivity contribution in [2.75, 3.05) is 14.2 Å². The van der Waals surface area contributed by atoms with Gasteiger partial charge in [0.15, 0.2) is 11.5 Å². The quantitative estimate of drug-likeness (QED) is 0.645. The molecule has 0 saturated heterocycles. The van der Waals surface area contributed by atoms with E-state index in [1.807, 2.05) is 19.9 Å². The minimum Gasteiger partial charge on any atom is -0.493 e. The first-order valence-corrected chi connectivity index (χ1v) is 6.70. The van der Waals surface area contributed by atoms with Gasteiger partial charge in [0.05, 0.1) is 14.2 Å². The highest BCUT2D eigenvalue weighted by atomic mass is 16.5. The third-order valence-corrected chi connectivity index (χ3v) is 3.07. The Morgan fingerprint density at radius 3 is 2.57 bits per heavy atom. The Balaban J connectivity index is 3.03. The lowest BCUT2D eigenvalue weighted by Crippen LogP contribution is -2.32. The average Bonchev–Trinajstić information content (AvgIpc) is 2.51. The van der Waals surface area contributed by atoms with Gasteiger partial charge in [-0.1, -0.05) is 13.0 Å². The summed E-state index contributed by atoms with van der Waals surface area (Å²) in [5.41, 5.74) is 0.756. The Morgan fingerprint density at radius 2 is 2.05 bits per heavy atom. The average molecular weight is 288 g/mol. The Bertz CT molecular complexity index is 573. The number of carbonyl (C=O) groups is 1. The highest BCUT2D eigenvalue weighted by Crippen LogP contribution is 2.28. The molecule has 1 N–H and O–H groups in total. The molecule has 112 valence electrons. The van der Waals surface area contributed by atoms with Gasteiger partial charge in [-0.2, -0.15) is 5.26 Å². The summed E-state index contributed by atoms with van der Waals surface area (Å²) in [6.07, 6.45) is 2.33. The zero-order valence-corrected chi connectivity index (χ0v) is 12.8. The van der Waals surface area contributed by atoms with Gasteiger partial charge in [0.1, 0.15) is 11.6 Å². The van der Waals surface area contributed by atoms with Crippen LogP contribution in [0, 0.1) is 11.3 Å². The number of carbonyl (C=O) groups excluding carboxylic acids is 1. The van der Waals surface area contributed by atoms with Gasteiger partial charge in [0, 0.05) is 6.04 Å². The maximum Gasteiger partial charge on any atom is 0.262 e. The molecule has 0 heterocycles. The molecule has 1 atom stereocenters. The molecule has 1 rings (SSSR count). The molecule has 0 aliphatic rings. The molecule has 0 aliphatic carbocycles. The second kappa shape index (κ2) is 7.95. The van der Waals surface area contributed by atoms with Crippen molar-refractivity contribution < 1.29 is 14.3 Å². The summed E-state index contributed by atoms with van der Waals surface area (Å²) in [4.78, 5) is 12.0. The Morgan fingerprint density at radius 1 is 1.38 bits per heavy atom. The predicted octanol–water partition coefficient (Wildman–Crippen LogP) is 2.53. The van der Waals surface area contributed by atoms with Crippen LogP contribution >= 0.6 is 0 Å². The van der Waals surface area contributed by atoms with E-state index in [0.29, 0.717) is 17.1 Å². The molecular weight excluding hydrogens is 268 g/mol. The minimum atomic E-state index is -0.373. The van der Waals surface area contributed by atoms with E-state index in [-0.39, 0.29) is 17.5 Å². The molecule has 0 aliphatic heterocycles. The number of amides is 1. The molecule has 0 fully saturated rings. The molecule has 0 saturated carbocycles. The fourth-order valence-electron chi connectivity index (χ4n) is 1.66. The highest BCUT2D eigenvalue weighted by Gasteiger charge is 2.12. The lowest BCUT2D eigenvalue weighted by Gasteiger charge is -2.11. The van der Waals surface area contributed by atoms with Gasteiger partial charge >= 0.3 is 0 Å². The Kier molecular flexibility index (Phi) is 6.28. The van der Waals surface area contributed by atoms with E-state index >= 15 is 0 Å². The molecular formula is C16H20N2O3. The summed E-state index contributed by atoms with van der Waals surface area (Å²) >= 11 is 0. The van der Waals surface area contributed by atoms with Gasteiger partial charge in [-0.05, 0) is 37.1 Å². The van der Waals surface area contributed by atoms with Crippen molar-refractivity contribution in [3.63, 3.8) is 0 Å². The summed E-state index contributed by atoms with van der Waals surface area (Å²) < 4.78 is 10.3. The van der Waals surface area contributed by atoms with Gasteiger partial charge in [-0.3, -0.25) is 4.79 Å². The van der Waals surface area contributed by atoms with Crippen LogP contribution in [0.15, 0.2) is 23.8 Å². The number of ether oxygens (including phenoxy) is 2. The van der Waals surface area contributed by atoms with E-state index < -0.39 is 0 Å². The lowest BCUT2D eigenvalue weighted by atomic mass is 10.1. The normalized spacial score (nSPS) is 12.2. The van der Waals surface area contributed by atoms with Crippen LogP contribution in [-0.4, -0.2) is 26.2 Å². The van der Waals surface area contributed by atoms with Gasteiger partial charge in [-0.25, -0.2) is 0 Å². The van der Waals surface area contributed by atoms with Gasteiger partial charge in [-0.15, -0.1) is 0 Å². The fraction of sp³-hybridized carbons (Fsp3) is 0.375. The Hall–Kier alpha value is -2.48. The maximum absolute atomic E-state index is 12.0. The zero-order chi connectivity index (χ0) is 15.8. The highest BCUT2D eigenvalue weighted by molar-refractivity contribution is 6.01.